The van der Waals surface area contributed by atoms with Crippen LogP contribution in [0, 0.1) is 0 Å². The number of furan rings is 2. The van der Waals surface area contributed by atoms with E-state index in [0.717, 1.165) is 88.6 Å². The summed E-state index contributed by atoms with van der Waals surface area (Å²) in [4.78, 5) is 2.38. The normalized spacial score (nSPS) is 13.1. The third-order valence-electron chi connectivity index (χ3n) is 12.5. The first kappa shape index (κ1) is 32.8. The summed E-state index contributed by atoms with van der Waals surface area (Å²) in [7, 11) is 0. The van der Waals surface area contributed by atoms with E-state index in [4.69, 9.17) is 8.83 Å². The third-order valence-corrected chi connectivity index (χ3v) is 12.5. The number of rotatable bonds is 5. The van der Waals surface area contributed by atoms with Gasteiger partial charge in [-0.1, -0.05) is 135 Å². The molecular weight excluding hydrogens is 707 g/mol. The van der Waals surface area contributed by atoms with Crippen molar-refractivity contribution >= 4 is 71.7 Å². The molecule has 0 atom stereocenters. The van der Waals surface area contributed by atoms with Crippen LogP contribution in [0.2, 0.25) is 0 Å². The highest BCUT2D eigenvalue weighted by molar-refractivity contribution is 6.19. The van der Waals surface area contributed by atoms with Crippen molar-refractivity contribution in [2.45, 2.75) is 19.3 Å². The van der Waals surface area contributed by atoms with Crippen LogP contribution in [0.3, 0.4) is 0 Å². The molecule has 0 unspecified atom stereocenters. The van der Waals surface area contributed by atoms with Gasteiger partial charge in [-0.15, -0.1) is 0 Å². The van der Waals surface area contributed by atoms with E-state index in [1.54, 1.807) is 0 Å². The first-order valence-electron chi connectivity index (χ1n) is 20.0. The van der Waals surface area contributed by atoms with Crippen molar-refractivity contribution in [1.82, 2.24) is 0 Å². The van der Waals surface area contributed by atoms with Gasteiger partial charge in [0.2, 0.25) is 0 Å². The molecule has 0 aliphatic heterocycles. The van der Waals surface area contributed by atoms with Crippen LogP contribution in [0.15, 0.2) is 197 Å². The molecular formula is C55H37NO2. The lowest BCUT2D eigenvalue weighted by Gasteiger charge is -2.28. The fraction of sp³-hybridized carbons (Fsp3) is 0.0545. The molecule has 274 valence electrons. The summed E-state index contributed by atoms with van der Waals surface area (Å²) in [6.45, 7) is 4.69. The maximum atomic E-state index is 6.55. The fourth-order valence-electron chi connectivity index (χ4n) is 9.57. The predicted molar refractivity (Wildman–Crippen MR) is 242 cm³/mol. The second-order valence-electron chi connectivity index (χ2n) is 16.1. The molecule has 1 aliphatic carbocycles. The molecule has 3 heteroatoms. The zero-order valence-electron chi connectivity index (χ0n) is 32.2. The molecule has 2 heterocycles. The first-order valence-corrected chi connectivity index (χ1v) is 20.0. The standard InChI is InChI=1S/C55H37NO2/c1-55(2)48-15-7-5-12-43(48)44-31-28-40(33-49(44)55)56(38-24-18-34(19-25-38)37-23-29-46-45-13-6-8-16-50(45)57-52(46)32-37)39-26-20-36(21-27-39)41-14-9-17-51-53(41)47-30-22-35-10-3-4-11-42(35)54(47)58-51/h3-33H,1-2H3. The lowest BCUT2D eigenvalue weighted by Crippen LogP contribution is -2.16. The Labute approximate surface area is 336 Å². The lowest BCUT2D eigenvalue weighted by atomic mass is 9.82. The molecule has 0 saturated carbocycles. The number of nitrogens with zero attached hydrogens (tertiary/aromatic N) is 1. The summed E-state index contributed by atoms with van der Waals surface area (Å²) < 4.78 is 12.8. The number of hydrogen-bond acceptors (Lipinski definition) is 3. The van der Waals surface area contributed by atoms with Crippen LogP contribution in [0.4, 0.5) is 17.1 Å². The van der Waals surface area contributed by atoms with Gasteiger partial charge in [-0.25, -0.2) is 0 Å². The van der Waals surface area contributed by atoms with Gasteiger partial charge in [0.05, 0.1) is 0 Å². The van der Waals surface area contributed by atoms with Crippen LogP contribution in [0.5, 0.6) is 0 Å². The average molecular weight is 744 g/mol. The van der Waals surface area contributed by atoms with E-state index in [2.05, 4.69) is 195 Å². The van der Waals surface area contributed by atoms with Crippen molar-refractivity contribution in [2.24, 2.45) is 0 Å². The van der Waals surface area contributed by atoms with E-state index < -0.39 is 0 Å². The Morgan fingerprint density at radius 2 is 1.00 bits per heavy atom. The maximum Gasteiger partial charge on any atom is 0.143 e. The van der Waals surface area contributed by atoms with Crippen molar-refractivity contribution in [3.8, 4) is 33.4 Å². The first-order chi connectivity index (χ1) is 28.5. The van der Waals surface area contributed by atoms with Crippen LogP contribution in [0.1, 0.15) is 25.0 Å². The Kier molecular flexibility index (Phi) is 6.98. The van der Waals surface area contributed by atoms with Gasteiger partial charge in [-0.2, -0.15) is 0 Å². The largest absolute Gasteiger partial charge is 0.456 e. The molecule has 0 spiro atoms. The minimum atomic E-state index is -0.117. The Morgan fingerprint density at radius 1 is 0.379 bits per heavy atom. The van der Waals surface area contributed by atoms with Crippen LogP contribution < -0.4 is 4.90 Å². The number of fused-ring (bicyclic) bond motifs is 11. The quantitative estimate of drug-likeness (QED) is 0.176. The summed E-state index contributed by atoms with van der Waals surface area (Å²) in [5.74, 6) is 0. The minimum Gasteiger partial charge on any atom is -0.456 e. The van der Waals surface area contributed by atoms with E-state index in [0.29, 0.717) is 0 Å². The molecule has 0 saturated heterocycles. The van der Waals surface area contributed by atoms with Gasteiger partial charge >= 0.3 is 0 Å². The molecule has 0 amide bonds. The Hall–Kier alpha value is -7.36. The molecule has 9 aromatic carbocycles. The molecule has 12 rings (SSSR count). The molecule has 3 nitrogen and oxygen atoms in total. The summed E-state index contributed by atoms with van der Waals surface area (Å²) in [6, 6.07) is 67.8. The van der Waals surface area contributed by atoms with Gasteiger partial charge < -0.3 is 13.7 Å². The smallest absolute Gasteiger partial charge is 0.143 e. The SMILES string of the molecule is CC1(C)c2ccccc2-c2ccc(N(c3ccc(-c4ccc5c(c4)oc4ccccc45)cc3)c3ccc(-c4cccc5oc6c7ccccc7ccc6c45)cc3)cc21. The lowest BCUT2D eigenvalue weighted by molar-refractivity contribution is 0.660. The second kappa shape index (κ2) is 12.3. The summed E-state index contributed by atoms with van der Waals surface area (Å²) >= 11 is 0. The van der Waals surface area contributed by atoms with Crippen molar-refractivity contribution in [1.29, 1.82) is 0 Å². The molecule has 1 aliphatic rings. The topological polar surface area (TPSA) is 29.5 Å². The highest BCUT2D eigenvalue weighted by Crippen LogP contribution is 2.51. The third kappa shape index (κ3) is 4.86. The molecule has 0 radical (unpaired) electrons. The van der Waals surface area contributed by atoms with Gasteiger partial charge in [-0.3, -0.25) is 0 Å². The van der Waals surface area contributed by atoms with Crippen LogP contribution in [-0.4, -0.2) is 0 Å². The van der Waals surface area contributed by atoms with E-state index in [9.17, 15) is 0 Å². The van der Waals surface area contributed by atoms with Crippen molar-refractivity contribution < 1.29 is 8.83 Å². The number of hydrogen-bond donors (Lipinski definition) is 0. The van der Waals surface area contributed by atoms with Gasteiger partial charge in [0.25, 0.3) is 0 Å². The maximum absolute atomic E-state index is 6.55. The van der Waals surface area contributed by atoms with E-state index in [-0.39, 0.29) is 5.41 Å². The van der Waals surface area contributed by atoms with E-state index >= 15 is 0 Å². The van der Waals surface area contributed by atoms with Gasteiger partial charge in [0.1, 0.15) is 22.3 Å². The minimum absolute atomic E-state index is 0.117. The van der Waals surface area contributed by atoms with E-state index in [1.165, 1.54) is 27.6 Å². The number of anilines is 3. The summed E-state index contributed by atoms with van der Waals surface area (Å²) in [5, 5.41) is 6.87. The Balaban J connectivity index is 0.971. The highest BCUT2D eigenvalue weighted by Gasteiger charge is 2.35. The molecule has 0 fully saturated rings. The van der Waals surface area contributed by atoms with Gasteiger partial charge in [0, 0.05) is 49.4 Å². The van der Waals surface area contributed by atoms with Crippen LogP contribution >= 0.6 is 0 Å². The highest BCUT2D eigenvalue weighted by atomic mass is 16.3. The van der Waals surface area contributed by atoms with Crippen LogP contribution in [-0.2, 0) is 5.41 Å². The predicted octanol–water partition coefficient (Wildman–Crippen LogP) is 15.7. The molecule has 0 bridgehead atoms. The van der Waals surface area contributed by atoms with E-state index in [1.807, 2.05) is 12.1 Å². The summed E-state index contributed by atoms with van der Waals surface area (Å²) in [6.07, 6.45) is 0. The Morgan fingerprint density at radius 3 is 1.84 bits per heavy atom. The van der Waals surface area contributed by atoms with Gasteiger partial charge in [-0.05, 0) is 117 Å². The fourth-order valence-corrected chi connectivity index (χ4v) is 9.57. The van der Waals surface area contributed by atoms with Crippen LogP contribution in [0.25, 0.3) is 88.0 Å². The monoisotopic (exact) mass is 743 g/mol. The molecule has 0 N–H and O–H groups in total. The Bertz CT molecular complexity index is 3420. The second-order valence-corrected chi connectivity index (χ2v) is 16.1. The average Bonchev–Trinajstić information content (AvgIpc) is 3.92. The molecule has 11 aromatic rings. The molecule has 2 aromatic heterocycles. The zero-order valence-corrected chi connectivity index (χ0v) is 32.2. The zero-order chi connectivity index (χ0) is 38.5. The molecule has 58 heavy (non-hydrogen) atoms. The summed E-state index contributed by atoms with van der Waals surface area (Å²) in [5.41, 5.74) is 16.7. The van der Waals surface area contributed by atoms with Crippen molar-refractivity contribution in [3.63, 3.8) is 0 Å². The number of para-hydroxylation sites is 1. The van der Waals surface area contributed by atoms with Crippen molar-refractivity contribution in [3.05, 3.63) is 199 Å². The van der Waals surface area contributed by atoms with Gasteiger partial charge in [0.15, 0.2) is 0 Å². The van der Waals surface area contributed by atoms with Crippen molar-refractivity contribution in [2.75, 3.05) is 4.90 Å². The number of benzene rings is 9.